The second-order valence-corrected chi connectivity index (χ2v) is 6.53. The number of ether oxygens (including phenoxy) is 2. The Morgan fingerprint density at radius 2 is 2.04 bits per heavy atom. The molecule has 6 nitrogen and oxygen atoms in total. The van der Waals surface area contributed by atoms with E-state index in [1.807, 2.05) is 36.4 Å². The fourth-order valence-corrected chi connectivity index (χ4v) is 2.80. The minimum atomic E-state index is -0.187. The smallest absolute Gasteiger partial charge is 0.255 e. The van der Waals surface area contributed by atoms with Gasteiger partial charge in [-0.25, -0.2) is 4.98 Å². The molecule has 1 amide bonds. The normalized spacial score (nSPS) is 18.5. The van der Waals surface area contributed by atoms with Crippen molar-refractivity contribution in [3.8, 4) is 11.5 Å². The van der Waals surface area contributed by atoms with Crippen LogP contribution in [0.25, 0.3) is 0 Å². The van der Waals surface area contributed by atoms with Crippen LogP contribution in [0.3, 0.4) is 0 Å². The average molecular weight is 339 g/mol. The van der Waals surface area contributed by atoms with Gasteiger partial charge >= 0.3 is 0 Å². The van der Waals surface area contributed by atoms with Gasteiger partial charge in [-0.15, -0.1) is 0 Å². The Morgan fingerprint density at radius 3 is 2.76 bits per heavy atom. The van der Waals surface area contributed by atoms with Gasteiger partial charge in [-0.3, -0.25) is 4.79 Å². The summed E-state index contributed by atoms with van der Waals surface area (Å²) in [4.78, 5) is 18.5. The number of aromatic nitrogens is 1. The number of para-hydroxylation sites is 2. The lowest BCUT2D eigenvalue weighted by molar-refractivity contribution is 0.0520. The molecule has 0 radical (unpaired) electrons. The molecule has 0 bridgehead atoms. The molecule has 0 saturated heterocycles. The predicted octanol–water partition coefficient (Wildman–Crippen LogP) is 2.57. The van der Waals surface area contributed by atoms with Crippen molar-refractivity contribution >= 4 is 11.7 Å². The molecule has 2 aliphatic rings. The van der Waals surface area contributed by atoms with Gasteiger partial charge in [0.05, 0.1) is 12.1 Å². The lowest BCUT2D eigenvalue weighted by atomic mass is 10.2. The Bertz CT molecular complexity index is 759. The number of fused-ring (bicyclic) bond motifs is 1. The lowest BCUT2D eigenvalue weighted by Gasteiger charge is -2.29. The van der Waals surface area contributed by atoms with Gasteiger partial charge in [0.1, 0.15) is 12.4 Å². The first-order valence-corrected chi connectivity index (χ1v) is 8.55. The van der Waals surface area contributed by atoms with Crippen molar-refractivity contribution in [2.75, 3.05) is 25.5 Å². The third kappa shape index (κ3) is 3.68. The van der Waals surface area contributed by atoms with Gasteiger partial charge in [-0.1, -0.05) is 12.1 Å². The number of nitrogens with one attached hydrogen (secondary N) is 1. The zero-order valence-electron chi connectivity index (χ0n) is 14.1. The summed E-state index contributed by atoms with van der Waals surface area (Å²) in [6.07, 6.45) is 3.82. The van der Waals surface area contributed by atoms with Crippen LogP contribution in [0.4, 0.5) is 5.82 Å². The molecule has 6 heteroatoms. The van der Waals surface area contributed by atoms with Gasteiger partial charge < -0.3 is 19.7 Å². The Kier molecular flexibility index (Phi) is 4.17. The summed E-state index contributed by atoms with van der Waals surface area (Å²) in [5, 5.41) is 3.31. The fourth-order valence-electron chi connectivity index (χ4n) is 2.80. The predicted molar refractivity (Wildman–Crippen MR) is 94.2 cm³/mol. The minimum Gasteiger partial charge on any atom is -0.486 e. The van der Waals surface area contributed by atoms with Crippen LogP contribution < -0.4 is 14.8 Å². The summed E-state index contributed by atoms with van der Waals surface area (Å²) in [5.74, 6) is 2.21. The highest BCUT2D eigenvalue weighted by Crippen LogP contribution is 2.31. The molecule has 1 atom stereocenters. The maximum atomic E-state index is 12.6. The van der Waals surface area contributed by atoms with E-state index in [-0.39, 0.29) is 12.0 Å². The van der Waals surface area contributed by atoms with E-state index in [1.165, 1.54) is 12.8 Å². The van der Waals surface area contributed by atoms with Crippen LogP contribution in [0.1, 0.15) is 23.2 Å². The number of anilines is 1. The van der Waals surface area contributed by atoms with Crippen LogP contribution in [-0.2, 0) is 0 Å². The van der Waals surface area contributed by atoms with E-state index >= 15 is 0 Å². The third-order valence-electron chi connectivity index (χ3n) is 4.33. The Balaban J connectivity index is 1.35. The molecule has 1 N–H and O–H groups in total. The van der Waals surface area contributed by atoms with Crippen LogP contribution in [0.5, 0.6) is 11.5 Å². The molecule has 2 heterocycles. The molecule has 1 aromatic heterocycles. The highest BCUT2D eigenvalue weighted by Gasteiger charge is 2.25. The maximum absolute atomic E-state index is 12.6. The van der Waals surface area contributed by atoms with Crippen LogP contribution in [0.15, 0.2) is 42.6 Å². The number of likely N-dealkylation sites (N-methyl/N-ethyl adjacent to an activating group) is 1. The largest absolute Gasteiger partial charge is 0.486 e. The Labute approximate surface area is 146 Å². The second-order valence-electron chi connectivity index (χ2n) is 6.53. The van der Waals surface area contributed by atoms with Crippen molar-refractivity contribution in [1.82, 2.24) is 9.88 Å². The van der Waals surface area contributed by atoms with Crippen LogP contribution in [0, 0.1) is 0 Å². The second kappa shape index (κ2) is 6.63. The van der Waals surface area contributed by atoms with E-state index in [0.29, 0.717) is 24.8 Å². The Morgan fingerprint density at radius 1 is 1.24 bits per heavy atom. The number of amides is 1. The number of carbonyl (C=O) groups is 1. The van der Waals surface area contributed by atoms with E-state index in [4.69, 9.17) is 9.47 Å². The first-order chi connectivity index (χ1) is 12.2. The molecule has 0 unspecified atom stereocenters. The van der Waals surface area contributed by atoms with Gasteiger partial charge in [0.2, 0.25) is 0 Å². The van der Waals surface area contributed by atoms with E-state index in [1.54, 1.807) is 18.1 Å². The van der Waals surface area contributed by atoms with E-state index in [0.717, 1.165) is 17.3 Å². The maximum Gasteiger partial charge on any atom is 0.255 e. The number of hydrogen-bond acceptors (Lipinski definition) is 5. The molecule has 130 valence electrons. The SMILES string of the molecule is CN(C[C@H]1COc2ccccc2O1)C(=O)c1ccc(NC2CC2)nc1. The number of hydrogen-bond donors (Lipinski definition) is 1. The molecular formula is C19H21N3O3. The molecule has 0 spiro atoms. The quantitative estimate of drug-likeness (QED) is 0.907. The number of carbonyl (C=O) groups excluding carboxylic acids is 1. The third-order valence-corrected chi connectivity index (χ3v) is 4.33. The van der Waals surface area contributed by atoms with Crippen LogP contribution >= 0.6 is 0 Å². The van der Waals surface area contributed by atoms with Crippen molar-refractivity contribution in [3.63, 3.8) is 0 Å². The first kappa shape index (κ1) is 15.7. The number of nitrogens with zero attached hydrogens (tertiary/aromatic N) is 2. The minimum absolute atomic E-state index is 0.0760. The van der Waals surface area contributed by atoms with Crippen molar-refractivity contribution in [2.45, 2.75) is 25.0 Å². The standard InChI is InChI=1S/C19H21N3O3/c1-22(11-15-12-24-16-4-2-3-5-17(16)25-15)19(23)13-6-9-18(20-10-13)21-14-7-8-14/h2-6,9-10,14-15H,7-8,11-12H2,1H3,(H,20,21)/t15-/m0/s1. The molecular weight excluding hydrogens is 318 g/mol. The molecule has 25 heavy (non-hydrogen) atoms. The lowest BCUT2D eigenvalue weighted by Crippen LogP contribution is -2.41. The van der Waals surface area contributed by atoms with Crippen LogP contribution in [-0.4, -0.2) is 48.1 Å². The molecule has 1 fully saturated rings. The van der Waals surface area contributed by atoms with Crippen molar-refractivity contribution in [3.05, 3.63) is 48.2 Å². The molecule has 1 saturated carbocycles. The number of rotatable bonds is 5. The monoisotopic (exact) mass is 339 g/mol. The van der Waals surface area contributed by atoms with Crippen molar-refractivity contribution < 1.29 is 14.3 Å². The van der Waals surface area contributed by atoms with Gasteiger partial charge in [-0.2, -0.15) is 0 Å². The van der Waals surface area contributed by atoms with E-state index < -0.39 is 0 Å². The van der Waals surface area contributed by atoms with Gasteiger partial charge in [0.25, 0.3) is 5.91 Å². The zero-order chi connectivity index (χ0) is 17.2. The summed E-state index contributed by atoms with van der Waals surface area (Å²) in [7, 11) is 1.77. The fraction of sp³-hybridized carbons (Fsp3) is 0.368. The summed E-state index contributed by atoms with van der Waals surface area (Å²) in [6, 6.07) is 11.8. The topological polar surface area (TPSA) is 63.7 Å². The first-order valence-electron chi connectivity index (χ1n) is 8.55. The van der Waals surface area contributed by atoms with Crippen molar-refractivity contribution in [1.29, 1.82) is 0 Å². The molecule has 1 aromatic carbocycles. The summed E-state index contributed by atoms with van der Waals surface area (Å²) in [5.41, 5.74) is 0.570. The van der Waals surface area contributed by atoms with Gasteiger partial charge in [0, 0.05) is 19.3 Å². The number of benzene rings is 1. The highest BCUT2D eigenvalue weighted by molar-refractivity contribution is 5.93. The molecule has 1 aliphatic carbocycles. The molecule has 4 rings (SSSR count). The number of pyridine rings is 1. The van der Waals surface area contributed by atoms with E-state index in [2.05, 4.69) is 10.3 Å². The zero-order valence-corrected chi connectivity index (χ0v) is 14.1. The highest BCUT2D eigenvalue weighted by atomic mass is 16.6. The summed E-state index contributed by atoms with van der Waals surface area (Å²) < 4.78 is 11.6. The molecule has 1 aliphatic heterocycles. The van der Waals surface area contributed by atoms with E-state index in [9.17, 15) is 4.79 Å². The molecule has 2 aromatic rings. The Hall–Kier alpha value is -2.76. The summed E-state index contributed by atoms with van der Waals surface area (Å²) in [6.45, 7) is 0.881. The van der Waals surface area contributed by atoms with Gasteiger partial charge in [0.15, 0.2) is 17.6 Å². The summed E-state index contributed by atoms with van der Waals surface area (Å²) >= 11 is 0. The average Bonchev–Trinajstić information content (AvgIpc) is 3.45. The van der Waals surface area contributed by atoms with Crippen LogP contribution in [0.2, 0.25) is 0 Å². The van der Waals surface area contributed by atoms with Crippen molar-refractivity contribution in [2.24, 2.45) is 0 Å². The van der Waals surface area contributed by atoms with Gasteiger partial charge in [-0.05, 0) is 37.1 Å².